The molecule has 0 unspecified atom stereocenters. The van der Waals surface area contributed by atoms with Gasteiger partial charge in [-0.2, -0.15) is 0 Å². The van der Waals surface area contributed by atoms with Gasteiger partial charge in [-0.3, -0.25) is 4.57 Å². The molecule has 0 aliphatic heterocycles. The quantitative estimate of drug-likeness (QED) is 0.578. The van der Waals surface area contributed by atoms with Crippen LogP contribution in [0.25, 0.3) is 16.7 Å². The van der Waals surface area contributed by atoms with Gasteiger partial charge in [0.15, 0.2) is 0 Å². The number of aromatic nitrogens is 2. The van der Waals surface area contributed by atoms with Gasteiger partial charge in [0.05, 0.1) is 27.6 Å². The lowest BCUT2D eigenvalue weighted by Gasteiger charge is -2.12. The second-order valence-corrected chi connectivity index (χ2v) is 5.65. The van der Waals surface area contributed by atoms with Crippen molar-refractivity contribution in [3.05, 3.63) is 57.8 Å². The van der Waals surface area contributed by atoms with Gasteiger partial charge in [-0.25, -0.2) is 4.98 Å². The van der Waals surface area contributed by atoms with Gasteiger partial charge in [0, 0.05) is 5.02 Å². The predicted octanol–water partition coefficient (Wildman–Crippen LogP) is 5.38. The summed E-state index contributed by atoms with van der Waals surface area (Å²) in [5.74, 6) is 1.05. The van der Waals surface area contributed by atoms with E-state index >= 15 is 0 Å². The van der Waals surface area contributed by atoms with Gasteiger partial charge in [-0.15, -0.1) is 11.6 Å². The lowest BCUT2D eigenvalue weighted by atomic mass is 10.2. The van der Waals surface area contributed by atoms with Crippen molar-refractivity contribution in [2.24, 2.45) is 0 Å². The van der Waals surface area contributed by atoms with Crippen molar-refractivity contribution in [2.45, 2.75) is 12.8 Å². The van der Waals surface area contributed by atoms with E-state index in [0.29, 0.717) is 15.9 Å². The van der Waals surface area contributed by atoms with Crippen LogP contribution in [-0.4, -0.2) is 9.55 Å². The second kappa shape index (κ2) is 5.28. The highest BCUT2D eigenvalue weighted by atomic mass is 35.5. The molecule has 102 valence electrons. The van der Waals surface area contributed by atoms with E-state index in [9.17, 15) is 0 Å². The van der Waals surface area contributed by atoms with E-state index in [2.05, 4.69) is 4.98 Å². The molecular weight excluding hydrogens is 315 g/mol. The number of imidazole rings is 1. The fraction of sp³-hybridized carbons (Fsp3) is 0.133. The van der Waals surface area contributed by atoms with Crippen LogP contribution >= 0.6 is 34.8 Å². The summed E-state index contributed by atoms with van der Waals surface area (Å²) in [6, 6.07) is 11.4. The molecule has 2 nitrogen and oxygen atoms in total. The third kappa shape index (κ3) is 2.18. The summed E-state index contributed by atoms with van der Waals surface area (Å²) in [6.45, 7) is 2.02. The summed E-state index contributed by atoms with van der Waals surface area (Å²) < 4.78 is 1.98. The number of aryl methyl sites for hydroxylation is 1. The maximum absolute atomic E-state index is 6.34. The second-order valence-electron chi connectivity index (χ2n) is 4.54. The minimum absolute atomic E-state index is 0.303. The van der Waals surface area contributed by atoms with Crippen molar-refractivity contribution in [3.63, 3.8) is 0 Å². The van der Waals surface area contributed by atoms with Crippen LogP contribution in [0, 0.1) is 6.92 Å². The van der Waals surface area contributed by atoms with Crippen LogP contribution < -0.4 is 0 Å². The number of rotatable bonds is 2. The van der Waals surface area contributed by atoms with Gasteiger partial charge in [0.1, 0.15) is 5.82 Å². The third-order valence-corrected chi connectivity index (χ3v) is 4.01. The standard InChI is InChI=1S/C15H11Cl3N2/c1-9-5-6-10(17)7-13(9)20-14(8-16)19-12-4-2-3-11(18)15(12)20/h2-7H,8H2,1H3. The first-order valence-electron chi connectivity index (χ1n) is 6.10. The molecule has 0 amide bonds. The molecule has 2 aromatic carbocycles. The van der Waals surface area contributed by atoms with E-state index in [0.717, 1.165) is 28.1 Å². The van der Waals surface area contributed by atoms with Crippen molar-refractivity contribution in [3.8, 4) is 5.69 Å². The molecule has 1 aromatic heterocycles. The molecule has 0 bridgehead atoms. The van der Waals surface area contributed by atoms with E-state index in [-0.39, 0.29) is 0 Å². The minimum atomic E-state index is 0.303. The zero-order chi connectivity index (χ0) is 14.3. The van der Waals surface area contributed by atoms with Crippen LogP contribution in [0.2, 0.25) is 10.0 Å². The number of halogens is 3. The first-order chi connectivity index (χ1) is 9.61. The lowest BCUT2D eigenvalue weighted by Crippen LogP contribution is -2.01. The minimum Gasteiger partial charge on any atom is -0.293 e. The average molecular weight is 326 g/mol. The molecular formula is C15H11Cl3N2. The number of para-hydroxylation sites is 1. The van der Waals surface area contributed by atoms with Crippen LogP contribution in [0.5, 0.6) is 0 Å². The van der Waals surface area contributed by atoms with Crippen LogP contribution in [0.4, 0.5) is 0 Å². The monoisotopic (exact) mass is 324 g/mol. The molecule has 5 heteroatoms. The van der Waals surface area contributed by atoms with Gasteiger partial charge in [-0.05, 0) is 36.8 Å². The summed E-state index contributed by atoms with van der Waals surface area (Å²) in [7, 11) is 0. The van der Waals surface area contributed by atoms with Crippen molar-refractivity contribution >= 4 is 45.8 Å². The molecule has 0 atom stereocenters. The summed E-state index contributed by atoms with van der Waals surface area (Å²) in [6.07, 6.45) is 0. The number of alkyl halides is 1. The zero-order valence-electron chi connectivity index (χ0n) is 10.7. The largest absolute Gasteiger partial charge is 0.293 e. The Kier molecular flexibility index (Phi) is 3.63. The van der Waals surface area contributed by atoms with Crippen molar-refractivity contribution in [1.29, 1.82) is 0 Å². The smallest absolute Gasteiger partial charge is 0.129 e. The van der Waals surface area contributed by atoms with Crippen molar-refractivity contribution in [2.75, 3.05) is 0 Å². The highest BCUT2D eigenvalue weighted by Gasteiger charge is 2.15. The molecule has 0 saturated carbocycles. The zero-order valence-corrected chi connectivity index (χ0v) is 13.0. The van der Waals surface area contributed by atoms with Gasteiger partial charge in [0.25, 0.3) is 0 Å². The van der Waals surface area contributed by atoms with Crippen LogP contribution in [0.1, 0.15) is 11.4 Å². The molecule has 3 rings (SSSR count). The molecule has 1 heterocycles. The Hall–Kier alpha value is -1.22. The number of hydrogen-bond acceptors (Lipinski definition) is 1. The number of hydrogen-bond donors (Lipinski definition) is 0. The van der Waals surface area contributed by atoms with E-state index in [4.69, 9.17) is 34.8 Å². The molecule has 0 aliphatic carbocycles. The molecule has 0 saturated heterocycles. The van der Waals surface area contributed by atoms with Gasteiger partial charge in [-0.1, -0.05) is 35.3 Å². The van der Waals surface area contributed by atoms with Crippen LogP contribution in [0.3, 0.4) is 0 Å². The van der Waals surface area contributed by atoms with Crippen molar-refractivity contribution in [1.82, 2.24) is 9.55 Å². The average Bonchev–Trinajstić information content (AvgIpc) is 2.81. The summed E-state index contributed by atoms with van der Waals surface area (Å²) in [4.78, 5) is 4.54. The third-order valence-electron chi connectivity index (χ3n) is 3.23. The Morgan fingerprint density at radius 1 is 1.15 bits per heavy atom. The predicted molar refractivity (Wildman–Crippen MR) is 85.4 cm³/mol. The number of nitrogens with zero attached hydrogens (tertiary/aromatic N) is 2. The number of benzene rings is 2. The van der Waals surface area contributed by atoms with E-state index in [1.165, 1.54) is 0 Å². The van der Waals surface area contributed by atoms with E-state index in [1.54, 1.807) is 0 Å². The van der Waals surface area contributed by atoms with Crippen LogP contribution in [0.15, 0.2) is 36.4 Å². The first-order valence-corrected chi connectivity index (χ1v) is 7.39. The Balaban J connectivity index is 2.42. The summed E-state index contributed by atoms with van der Waals surface area (Å²) in [5.41, 5.74) is 3.71. The Morgan fingerprint density at radius 3 is 2.70 bits per heavy atom. The maximum atomic E-state index is 6.34. The van der Waals surface area contributed by atoms with Crippen LogP contribution in [-0.2, 0) is 5.88 Å². The Bertz CT molecular complexity index is 793. The highest BCUT2D eigenvalue weighted by Crippen LogP contribution is 2.30. The van der Waals surface area contributed by atoms with Gasteiger partial charge < -0.3 is 0 Å². The molecule has 0 aliphatic rings. The molecule has 0 fully saturated rings. The maximum Gasteiger partial charge on any atom is 0.129 e. The lowest BCUT2D eigenvalue weighted by molar-refractivity contribution is 0.972. The molecule has 3 aromatic rings. The molecule has 20 heavy (non-hydrogen) atoms. The molecule has 0 N–H and O–H groups in total. The SMILES string of the molecule is Cc1ccc(Cl)cc1-n1c(CCl)nc2cccc(Cl)c21. The Labute approximate surface area is 131 Å². The number of fused-ring (bicyclic) bond motifs is 1. The van der Waals surface area contributed by atoms with Gasteiger partial charge in [0.2, 0.25) is 0 Å². The fourth-order valence-corrected chi connectivity index (χ4v) is 2.91. The Morgan fingerprint density at radius 2 is 1.95 bits per heavy atom. The normalized spacial score (nSPS) is 11.2. The van der Waals surface area contributed by atoms with Gasteiger partial charge >= 0.3 is 0 Å². The van der Waals surface area contributed by atoms with Crippen molar-refractivity contribution < 1.29 is 0 Å². The molecule has 0 spiro atoms. The van der Waals surface area contributed by atoms with E-state index in [1.807, 2.05) is 47.9 Å². The topological polar surface area (TPSA) is 17.8 Å². The van der Waals surface area contributed by atoms with E-state index < -0.39 is 0 Å². The first kappa shape index (κ1) is 13.7. The summed E-state index contributed by atoms with van der Waals surface area (Å²) >= 11 is 18.5. The molecule has 0 radical (unpaired) electrons. The highest BCUT2D eigenvalue weighted by molar-refractivity contribution is 6.35. The fourth-order valence-electron chi connectivity index (χ4n) is 2.31. The summed E-state index contributed by atoms with van der Waals surface area (Å²) in [5, 5.41) is 1.31.